The number of rotatable bonds is 2. The van der Waals surface area contributed by atoms with Crippen molar-refractivity contribution in [2.75, 3.05) is 0 Å². The van der Waals surface area contributed by atoms with Gasteiger partial charge in [-0.05, 0) is 26.3 Å². The molecule has 2 unspecified atom stereocenters. The van der Waals surface area contributed by atoms with E-state index in [1.807, 2.05) is 39.0 Å². The van der Waals surface area contributed by atoms with Gasteiger partial charge in [0.2, 0.25) is 0 Å². The lowest BCUT2D eigenvalue weighted by Gasteiger charge is -2.26. The van der Waals surface area contributed by atoms with Crippen LogP contribution in [-0.2, 0) is 0 Å². The fourth-order valence-electron chi connectivity index (χ4n) is 2.29. The average Bonchev–Trinajstić information content (AvgIpc) is 2.60. The Hall–Kier alpha value is -1.82. The van der Waals surface area contributed by atoms with Crippen LogP contribution in [0.2, 0.25) is 0 Å². The summed E-state index contributed by atoms with van der Waals surface area (Å²) in [5, 5.41) is 9.29. The Kier molecular flexibility index (Phi) is 2.89. The zero-order valence-corrected chi connectivity index (χ0v) is 10.4. The molecule has 0 fully saturated rings. The summed E-state index contributed by atoms with van der Waals surface area (Å²) in [7, 11) is 0. The first-order valence-corrected chi connectivity index (χ1v) is 5.93. The predicted molar refractivity (Wildman–Crippen MR) is 65.5 cm³/mol. The van der Waals surface area contributed by atoms with Gasteiger partial charge in [0, 0.05) is 17.2 Å². The fraction of sp³-hybridized carbons (Fsp3) is 0.429. The van der Waals surface area contributed by atoms with Gasteiger partial charge in [0.15, 0.2) is 0 Å². The maximum atomic E-state index is 12.3. The van der Waals surface area contributed by atoms with Crippen molar-refractivity contribution in [2.45, 2.75) is 39.3 Å². The quantitative estimate of drug-likeness (QED) is 0.781. The van der Waals surface area contributed by atoms with E-state index >= 15 is 0 Å². The van der Waals surface area contributed by atoms with Crippen LogP contribution in [0.3, 0.4) is 0 Å². The van der Waals surface area contributed by atoms with Gasteiger partial charge >= 0.3 is 0 Å². The highest BCUT2D eigenvalue weighted by atomic mass is 16.2. The third-order valence-corrected chi connectivity index (χ3v) is 3.43. The van der Waals surface area contributed by atoms with Crippen LogP contribution < -0.4 is 0 Å². The fourth-order valence-corrected chi connectivity index (χ4v) is 2.29. The second-order valence-corrected chi connectivity index (χ2v) is 4.59. The summed E-state index contributed by atoms with van der Waals surface area (Å²) < 4.78 is 0. The van der Waals surface area contributed by atoms with Crippen molar-refractivity contribution in [3.05, 3.63) is 34.9 Å². The van der Waals surface area contributed by atoms with Crippen molar-refractivity contribution in [1.29, 1.82) is 5.26 Å². The van der Waals surface area contributed by atoms with Crippen molar-refractivity contribution in [1.82, 2.24) is 4.90 Å². The summed E-state index contributed by atoms with van der Waals surface area (Å²) in [4.78, 5) is 14.0. The molecule has 88 valence electrons. The molecule has 0 aromatic heterocycles. The van der Waals surface area contributed by atoms with Crippen LogP contribution in [0, 0.1) is 18.3 Å². The lowest BCUT2D eigenvalue weighted by atomic mass is 10.0. The number of hydrogen-bond acceptors (Lipinski definition) is 2. The number of carbonyl (C=O) groups excluding carboxylic acids is 1. The second-order valence-electron chi connectivity index (χ2n) is 4.59. The minimum absolute atomic E-state index is 0.0131. The van der Waals surface area contributed by atoms with Gasteiger partial charge in [0.25, 0.3) is 5.91 Å². The number of benzene rings is 1. The first-order valence-electron chi connectivity index (χ1n) is 5.93. The van der Waals surface area contributed by atoms with E-state index in [9.17, 15) is 10.1 Å². The summed E-state index contributed by atoms with van der Waals surface area (Å²) in [5.41, 5.74) is 2.63. The molecule has 0 aliphatic carbocycles. The molecule has 1 heterocycles. The Bertz CT molecular complexity index is 501. The summed E-state index contributed by atoms with van der Waals surface area (Å²) in [5.74, 6) is -0.0131. The third-order valence-electron chi connectivity index (χ3n) is 3.43. The standard InChI is InChI=1S/C14H16N2O/c1-4-10(3)16-13(8-15)12-7-9(2)5-6-11(12)14(16)17/h5-7,10,13H,4H2,1-3H3. The molecule has 1 aliphatic heterocycles. The van der Waals surface area contributed by atoms with Crippen LogP contribution in [-0.4, -0.2) is 16.8 Å². The van der Waals surface area contributed by atoms with Crippen molar-refractivity contribution in [3.63, 3.8) is 0 Å². The van der Waals surface area contributed by atoms with Crippen molar-refractivity contribution >= 4 is 5.91 Å². The maximum Gasteiger partial charge on any atom is 0.255 e. The zero-order valence-electron chi connectivity index (χ0n) is 10.4. The monoisotopic (exact) mass is 228 g/mol. The highest BCUT2D eigenvalue weighted by Gasteiger charge is 2.38. The Balaban J connectivity index is 2.52. The van der Waals surface area contributed by atoms with Gasteiger partial charge < -0.3 is 4.90 Å². The van der Waals surface area contributed by atoms with Gasteiger partial charge in [0.1, 0.15) is 6.04 Å². The van der Waals surface area contributed by atoms with Crippen LogP contribution in [0.15, 0.2) is 18.2 Å². The van der Waals surface area contributed by atoms with Gasteiger partial charge in [-0.15, -0.1) is 0 Å². The van der Waals surface area contributed by atoms with Crippen molar-refractivity contribution in [2.24, 2.45) is 0 Å². The van der Waals surface area contributed by atoms with Gasteiger partial charge in [-0.1, -0.05) is 24.6 Å². The molecule has 17 heavy (non-hydrogen) atoms. The van der Waals surface area contributed by atoms with E-state index in [0.717, 1.165) is 17.5 Å². The number of nitrogens with zero attached hydrogens (tertiary/aromatic N) is 2. The van der Waals surface area contributed by atoms with Gasteiger partial charge in [-0.25, -0.2) is 0 Å². The molecule has 0 spiro atoms. The smallest absolute Gasteiger partial charge is 0.255 e. The van der Waals surface area contributed by atoms with Crippen LogP contribution in [0.1, 0.15) is 47.8 Å². The third kappa shape index (κ3) is 1.70. The second kappa shape index (κ2) is 4.21. The number of amides is 1. The summed E-state index contributed by atoms with van der Waals surface area (Å²) in [6, 6.07) is 7.62. The van der Waals surface area contributed by atoms with E-state index in [-0.39, 0.29) is 11.9 Å². The molecule has 3 nitrogen and oxygen atoms in total. The van der Waals surface area contributed by atoms with Gasteiger partial charge in [0.05, 0.1) is 6.07 Å². The van der Waals surface area contributed by atoms with E-state index in [2.05, 4.69) is 6.07 Å². The minimum atomic E-state index is -0.424. The highest BCUT2D eigenvalue weighted by molar-refractivity contribution is 6.00. The largest absolute Gasteiger partial charge is 0.316 e. The first kappa shape index (κ1) is 11.7. The molecule has 0 saturated heterocycles. The van der Waals surface area contributed by atoms with Gasteiger partial charge in [-0.2, -0.15) is 5.26 Å². The number of nitriles is 1. The zero-order chi connectivity index (χ0) is 12.6. The molecule has 1 aliphatic rings. The lowest BCUT2D eigenvalue weighted by molar-refractivity contribution is 0.0684. The van der Waals surface area contributed by atoms with Crippen LogP contribution >= 0.6 is 0 Å². The predicted octanol–water partition coefficient (Wildman–Crippen LogP) is 2.81. The minimum Gasteiger partial charge on any atom is -0.316 e. The number of aryl methyl sites for hydroxylation is 1. The van der Waals surface area contributed by atoms with Crippen LogP contribution in [0.5, 0.6) is 0 Å². The molecule has 0 radical (unpaired) electrons. The molecular formula is C14H16N2O. The molecule has 2 atom stereocenters. The molecule has 2 rings (SSSR count). The van der Waals surface area contributed by atoms with Crippen molar-refractivity contribution < 1.29 is 4.79 Å². The Labute approximate surface area is 102 Å². The number of hydrogen-bond donors (Lipinski definition) is 0. The van der Waals surface area contributed by atoms with Crippen LogP contribution in [0.4, 0.5) is 0 Å². The molecule has 1 aromatic rings. The Morgan fingerprint density at radius 2 is 2.24 bits per heavy atom. The summed E-state index contributed by atoms with van der Waals surface area (Å²) in [6.45, 7) is 5.99. The molecule has 0 saturated carbocycles. The topological polar surface area (TPSA) is 44.1 Å². The Morgan fingerprint density at radius 3 is 2.82 bits per heavy atom. The molecule has 0 bridgehead atoms. The lowest BCUT2D eigenvalue weighted by Crippen LogP contribution is -2.35. The van der Waals surface area contributed by atoms with Crippen molar-refractivity contribution in [3.8, 4) is 6.07 Å². The van der Waals surface area contributed by atoms with E-state index in [0.29, 0.717) is 5.56 Å². The molecule has 1 amide bonds. The normalized spacial score (nSPS) is 20.0. The van der Waals surface area contributed by atoms with E-state index < -0.39 is 6.04 Å². The first-order chi connectivity index (χ1) is 8.10. The molecular weight excluding hydrogens is 212 g/mol. The van der Waals surface area contributed by atoms with E-state index in [1.54, 1.807) is 4.90 Å². The van der Waals surface area contributed by atoms with E-state index in [1.165, 1.54) is 0 Å². The highest BCUT2D eigenvalue weighted by Crippen LogP contribution is 2.35. The maximum absolute atomic E-state index is 12.3. The summed E-state index contributed by atoms with van der Waals surface area (Å²) in [6.07, 6.45) is 0.858. The Morgan fingerprint density at radius 1 is 1.53 bits per heavy atom. The van der Waals surface area contributed by atoms with Gasteiger partial charge in [-0.3, -0.25) is 4.79 Å². The SMILES string of the molecule is CCC(C)N1C(=O)c2ccc(C)cc2C1C#N. The summed E-state index contributed by atoms with van der Waals surface area (Å²) >= 11 is 0. The number of fused-ring (bicyclic) bond motifs is 1. The molecule has 0 N–H and O–H groups in total. The molecule has 1 aromatic carbocycles. The molecule has 3 heteroatoms. The van der Waals surface area contributed by atoms with Crippen LogP contribution in [0.25, 0.3) is 0 Å². The number of carbonyl (C=O) groups is 1. The average molecular weight is 228 g/mol. The van der Waals surface area contributed by atoms with E-state index in [4.69, 9.17) is 0 Å².